The van der Waals surface area contributed by atoms with Crippen LogP contribution in [0.1, 0.15) is 38.5 Å². The molecule has 16 heavy (non-hydrogen) atoms. The molecule has 1 saturated heterocycles. The van der Waals surface area contributed by atoms with Gasteiger partial charge in [-0.05, 0) is 12.8 Å². The number of likely N-dealkylation sites (tertiary alicyclic amines) is 1. The summed E-state index contributed by atoms with van der Waals surface area (Å²) in [6.45, 7) is 0.629. The van der Waals surface area contributed by atoms with Crippen LogP contribution in [0, 0.1) is 0 Å². The highest BCUT2D eigenvalue weighted by atomic mass is 16.5. The van der Waals surface area contributed by atoms with Crippen molar-refractivity contribution in [3.63, 3.8) is 0 Å². The molecule has 1 heterocycles. The van der Waals surface area contributed by atoms with E-state index in [9.17, 15) is 9.90 Å². The predicted molar refractivity (Wildman–Crippen MR) is 60.0 cm³/mol. The number of nitrogens with zero attached hydrogens (tertiary/aromatic N) is 1. The summed E-state index contributed by atoms with van der Waals surface area (Å²) in [5.41, 5.74) is 0. The van der Waals surface area contributed by atoms with Crippen LogP contribution in [-0.2, 0) is 9.53 Å². The smallest absolute Gasteiger partial charge is 0.323 e. The molecule has 2 aliphatic rings. The molecular weight excluding hydrogens is 206 g/mol. The lowest BCUT2D eigenvalue weighted by Crippen LogP contribution is -2.44. The molecule has 0 radical (unpaired) electrons. The molecule has 4 heteroatoms. The van der Waals surface area contributed by atoms with Crippen molar-refractivity contribution in [2.75, 3.05) is 13.7 Å². The van der Waals surface area contributed by atoms with E-state index in [-0.39, 0.29) is 18.1 Å². The first-order valence-electron chi connectivity index (χ1n) is 6.24. The minimum atomic E-state index is -0.369. The van der Waals surface area contributed by atoms with E-state index < -0.39 is 0 Å². The number of methoxy groups -OCH3 is 1. The standard InChI is InChI=1S/C12H21NO3/c1-16-12(15)11-7-10(14)8-13(11)9-5-3-2-4-6-9/h9-11,14H,2-8H2,1H3. The summed E-state index contributed by atoms with van der Waals surface area (Å²) in [5.74, 6) is -0.192. The highest BCUT2D eigenvalue weighted by Gasteiger charge is 2.40. The second-order valence-corrected chi connectivity index (χ2v) is 4.92. The van der Waals surface area contributed by atoms with Crippen molar-refractivity contribution in [3.8, 4) is 0 Å². The van der Waals surface area contributed by atoms with E-state index in [1.807, 2.05) is 0 Å². The first-order chi connectivity index (χ1) is 7.72. The second kappa shape index (κ2) is 5.15. The molecule has 0 spiro atoms. The number of carbonyl (C=O) groups excluding carboxylic acids is 1. The van der Waals surface area contributed by atoms with Gasteiger partial charge in [0.25, 0.3) is 0 Å². The van der Waals surface area contributed by atoms with Crippen molar-refractivity contribution in [1.29, 1.82) is 0 Å². The van der Waals surface area contributed by atoms with E-state index in [1.54, 1.807) is 0 Å². The lowest BCUT2D eigenvalue weighted by Gasteiger charge is -2.34. The SMILES string of the molecule is COC(=O)C1CC(O)CN1C1CCCCC1. The molecule has 0 aromatic heterocycles. The quantitative estimate of drug-likeness (QED) is 0.713. The van der Waals surface area contributed by atoms with Gasteiger partial charge in [-0.2, -0.15) is 0 Å². The van der Waals surface area contributed by atoms with Crippen molar-refractivity contribution in [2.24, 2.45) is 0 Å². The molecule has 2 unspecified atom stereocenters. The summed E-state index contributed by atoms with van der Waals surface area (Å²) in [6, 6.07) is 0.248. The highest BCUT2D eigenvalue weighted by Crippen LogP contribution is 2.29. The van der Waals surface area contributed by atoms with Crippen LogP contribution in [0.25, 0.3) is 0 Å². The lowest BCUT2D eigenvalue weighted by atomic mass is 9.94. The van der Waals surface area contributed by atoms with Gasteiger partial charge in [0.05, 0.1) is 13.2 Å². The third kappa shape index (κ3) is 2.38. The number of aliphatic hydroxyl groups is 1. The third-order valence-corrected chi connectivity index (χ3v) is 3.83. The van der Waals surface area contributed by atoms with Crippen molar-refractivity contribution < 1.29 is 14.6 Å². The van der Waals surface area contributed by atoms with Gasteiger partial charge in [0, 0.05) is 19.0 Å². The third-order valence-electron chi connectivity index (χ3n) is 3.83. The number of rotatable bonds is 2. The van der Waals surface area contributed by atoms with Crippen molar-refractivity contribution >= 4 is 5.97 Å². The van der Waals surface area contributed by atoms with Gasteiger partial charge in [-0.1, -0.05) is 19.3 Å². The average Bonchev–Trinajstić information content (AvgIpc) is 2.71. The number of carbonyl (C=O) groups is 1. The molecule has 2 fully saturated rings. The maximum absolute atomic E-state index is 11.6. The molecule has 0 bridgehead atoms. The van der Waals surface area contributed by atoms with Gasteiger partial charge in [0.15, 0.2) is 0 Å². The summed E-state index contributed by atoms with van der Waals surface area (Å²) >= 11 is 0. The van der Waals surface area contributed by atoms with E-state index in [1.165, 1.54) is 26.4 Å². The molecule has 1 saturated carbocycles. The topological polar surface area (TPSA) is 49.8 Å². The Kier molecular flexibility index (Phi) is 3.82. The summed E-state index contributed by atoms with van der Waals surface area (Å²) in [5, 5.41) is 9.70. The molecular formula is C12H21NO3. The molecule has 0 aromatic rings. The molecule has 2 atom stereocenters. The molecule has 92 valence electrons. The maximum Gasteiger partial charge on any atom is 0.323 e. The monoisotopic (exact) mass is 227 g/mol. The molecule has 1 aliphatic carbocycles. The first-order valence-corrected chi connectivity index (χ1v) is 6.24. The largest absolute Gasteiger partial charge is 0.468 e. The first kappa shape index (κ1) is 11.9. The zero-order valence-corrected chi connectivity index (χ0v) is 9.89. The molecule has 2 rings (SSSR count). The fourth-order valence-electron chi connectivity index (χ4n) is 3.02. The lowest BCUT2D eigenvalue weighted by molar-refractivity contribution is -0.146. The van der Waals surface area contributed by atoms with Crippen LogP contribution >= 0.6 is 0 Å². The van der Waals surface area contributed by atoms with E-state index in [0.29, 0.717) is 19.0 Å². The normalized spacial score (nSPS) is 32.9. The van der Waals surface area contributed by atoms with Crippen molar-refractivity contribution in [3.05, 3.63) is 0 Å². The van der Waals surface area contributed by atoms with Crippen LogP contribution in [0.4, 0.5) is 0 Å². The van der Waals surface area contributed by atoms with E-state index in [2.05, 4.69) is 4.90 Å². The van der Waals surface area contributed by atoms with Crippen molar-refractivity contribution in [1.82, 2.24) is 4.90 Å². The van der Waals surface area contributed by atoms with Crippen LogP contribution in [0.2, 0.25) is 0 Å². The Hall–Kier alpha value is -0.610. The average molecular weight is 227 g/mol. The maximum atomic E-state index is 11.6. The fourth-order valence-corrected chi connectivity index (χ4v) is 3.02. The van der Waals surface area contributed by atoms with Crippen molar-refractivity contribution in [2.45, 2.75) is 56.7 Å². The number of ether oxygens (including phenoxy) is 1. The minimum absolute atomic E-state index is 0.192. The van der Waals surface area contributed by atoms with E-state index in [0.717, 1.165) is 12.8 Å². The van der Waals surface area contributed by atoms with E-state index in [4.69, 9.17) is 4.74 Å². The Morgan fingerprint density at radius 2 is 2.00 bits per heavy atom. The molecule has 1 aliphatic heterocycles. The van der Waals surface area contributed by atoms with E-state index >= 15 is 0 Å². The molecule has 4 nitrogen and oxygen atoms in total. The summed E-state index contributed by atoms with van der Waals surface area (Å²) in [7, 11) is 1.42. The minimum Gasteiger partial charge on any atom is -0.468 e. The van der Waals surface area contributed by atoms with Crippen LogP contribution < -0.4 is 0 Å². The summed E-state index contributed by atoms with van der Waals surface area (Å²) in [4.78, 5) is 13.8. The number of aliphatic hydroxyl groups excluding tert-OH is 1. The number of esters is 1. The Labute approximate surface area is 96.6 Å². The van der Waals surface area contributed by atoms with Crippen LogP contribution in [0.5, 0.6) is 0 Å². The Balaban J connectivity index is 2.02. The molecule has 0 aromatic carbocycles. The van der Waals surface area contributed by atoms with Gasteiger partial charge in [0.1, 0.15) is 6.04 Å². The number of β-amino-alcohol motifs (C(OH)–C–C–N with tert-alkyl or cyclic N) is 1. The zero-order chi connectivity index (χ0) is 11.5. The highest BCUT2D eigenvalue weighted by molar-refractivity contribution is 5.76. The predicted octanol–water partition coefficient (Wildman–Crippen LogP) is 0.927. The number of hydrogen-bond donors (Lipinski definition) is 1. The Morgan fingerprint density at radius 1 is 1.31 bits per heavy atom. The van der Waals surface area contributed by atoms with Crippen LogP contribution in [0.3, 0.4) is 0 Å². The van der Waals surface area contributed by atoms with Gasteiger partial charge < -0.3 is 9.84 Å². The van der Waals surface area contributed by atoms with Gasteiger partial charge in [-0.3, -0.25) is 9.69 Å². The van der Waals surface area contributed by atoms with Crippen LogP contribution in [0.15, 0.2) is 0 Å². The fraction of sp³-hybridized carbons (Fsp3) is 0.917. The molecule has 1 N–H and O–H groups in total. The summed E-state index contributed by atoms with van der Waals surface area (Å²) in [6.07, 6.45) is 6.25. The zero-order valence-electron chi connectivity index (χ0n) is 9.89. The van der Waals surface area contributed by atoms with Gasteiger partial charge in [0.2, 0.25) is 0 Å². The van der Waals surface area contributed by atoms with Crippen LogP contribution in [-0.4, -0.2) is 47.8 Å². The second-order valence-electron chi connectivity index (χ2n) is 4.92. The number of hydrogen-bond acceptors (Lipinski definition) is 4. The molecule has 0 amide bonds. The van der Waals surface area contributed by atoms with Gasteiger partial charge in [-0.25, -0.2) is 0 Å². The summed E-state index contributed by atoms with van der Waals surface area (Å²) < 4.78 is 4.81. The van der Waals surface area contributed by atoms with Gasteiger partial charge >= 0.3 is 5.97 Å². The van der Waals surface area contributed by atoms with Gasteiger partial charge in [-0.15, -0.1) is 0 Å². The Morgan fingerprint density at radius 3 is 2.62 bits per heavy atom. The Bertz CT molecular complexity index is 251.